The lowest BCUT2D eigenvalue weighted by atomic mass is 9.82. The largest absolute Gasteiger partial charge is 0.456 e. The molecule has 0 aliphatic heterocycles. The molecule has 0 atom stereocenters. The van der Waals surface area contributed by atoms with E-state index in [0.717, 1.165) is 33.6 Å². The second kappa shape index (κ2) is 11.3. The molecular formula is C49H35NO. The molecular weight excluding hydrogens is 619 g/mol. The van der Waals surface area contributed by atoms with Crippen molar-refractivity contribution in [1.29, 1.82) is 0 Å². The van der Waals surface area contributed by atoms with Crippen LogP contribution in [0.5, 0.6) is 0 Å². The second-order valence-corrected chi connectivity index (χ2v) is 14.1. The first-order valence-electron chi connectivity index (χ1n) is 17.7. The summed E-state index contributed by atoms with van der Waals surface area (Å²) in [5.41, 5.74) is 15.2. The minimum absolute atomic E-state index is 0.111. The first-order valence-corrected chi connectivity index (χ1v) is 17.7. The fraction of sp³-hybridized carbons (Fsp3) is 0.0612. The molecule has 2 heteroatoms. The van der Waals surface area contributed by atoms with Crippen molar-refractivity contribution in [3.63, 3.8) is 0 Å². The van der Waals surface area contributed by atoms with Gasteiger partial charge in [-0.25, -0.2) is 0 Å². The quantitative estimate of drug-likeness (QED) is 0.184. The molecule has 10 rings (SSSR count). The van der Waals surface area contributed by atoms with E-state index in [1.165, 1.54) is 60.7 Å². The van der Waals surface area contributed by atoms with Crippen LogP contribution in [-0.2, 0) is 5.41 Å². The first kappa shape index (κ1) is 29.5. The standard InChI is InChI=1S/C49H35NO/c1-49(2)43-23-9-6-19-39(43)40-27-26-35(31-44(40)49)50(45-24-10-7-18-37(45)32-14-4-3-5-15-32)34-17-12-16-33(30-34)36-21-13-22-41-38(36)28-29-47-48(41)42-20-8-11-25-46(42)51-47/h3-31H,1-2H3. The Kier molecular flexibility index (Phi) is 6.56. The summed E-state index contributed by atoms with van der Waals surface area (Å²) >= 11 is 0. The summed E-state index contributed by atoms with van der Waals surface area (Å²) in [6.45, 7) is 4.70. The van der Waals surface area contributed by atoms with Crippen molar-refractivity contribution in [2.24, 2.45) is 0 Å². The fourth-order valence-electron chi connectivity index (χ4n) is 8.43. The van der Waals surface area contributed by atoms with Crippen LogP contribution in [0.3, 0.4) is 0 Å². The molecule has 0 radical (unpaired) electrons. The lowest BCUT2D eigenvalue weighted by Gasteiger charge is -2.30. The molecule has 8 aromatic carbocycles. The van der Waals surface area contributed by atoms with Gasteiger partial charge in [0.05, 0.1) is 5.69 Å². The van der Waals surface area contributed by atoms with Gasteiger partial charge in [-0.15, -0.1) is 0 Å². The summed E-state index contributed by atoms with van der Waals surface area (Å²) in [6.07, 6.45) is 0. The molecule has 1 aliphatic rings. The molecule has 0 unspecified atom stereocenters. The smallest absolute Gasteiger partial charge is 0.136 e. The normalized spacial score (nSPS) is 13.1. The lowest BCUT2D eigenvalue weighted by molar-refractivity contribution is 0.660. The van der Waals surface area contributed by atoms with Gasteiger partial charge in [-0.05, 0) is 92.2 Å². The highest BCUT2D eigenvalue weighted by atomic mass is 16.3. The molecule has 1 aliphatic carbocycles. The van der Waals surface area contributed by atoms with Gasteiger partial charge in [0, 0.05) is 33.1 Å². The highest BCUT2D eigenvalue weighted by molar-refractivity contribution is 6.21. The molecule has 9 aromatic rings. The van der Waals surface area contributed by atoms with E-state index in [4.69, 9.17) is 4.42 Å². The Hall–Kier alpha value is -6.38. The van der Waals surface area contributed by atoms with Gasteiger partial charge in [0.15, 0.2) is 0 Å². The Bertz CT molecular complexity index is 2790. The number of hydrogen-bond donors (Lipinski definition) is 0. The Balaban J connectivity index is 1.19. The van der Waals surface area contributed by atoms with Crippen molar-refractivity contribution in [3.05, 3.63) is 187 Å². The second-order valence-electron chi connectivity index (χ2n) is 14.1. The van der Waals surface area contributed by atoms with Crippen molar-refractivity contribution < 1.29 is 4.42 Å². The number of anilines is 3. The van der Waals surface area contributed by atoms with E-state index in [1.54, 1.807) is 0 Å². The van der Waals surface area contributed by atoms with Crippen molar-refractivity contribution in [2.45, 2.75) is 19.3 Å². The zero-order chi connectivity index (χ0) is 34.1. The average Bonchev–Trinajstić information content (AvgIpc) is 3.68. The average molecular weight is 654 g/mol. The zero-order valence-electron chi connectivity index (χ0n) is 28.6. The molecule has 2 nitrogen and oxygen atoms in total. The molecule has 0 spiro atoms. The van der Waals surface area contributed by atoms with Crippen LogP contribution in [0, 0.1) is 0 Å². The molecule has 242 valence electrons. The molecule has 51 heavy (non-hydrogen) atoms. The predicted molar refractivity (Wildman–Crippen MR) is 214 cm³/mol. The van der Waals surface area contributed by atoms with Gasteiger partial charge in [0.2, 0.25) is 0 Å². The van der Waals surface area contributed by atoms with Gasteiger partial charge in [-0.1, -0.05) is 147 Å². The zero-order valence-corrected chi connectivity index (χ0v) is 28.6. The van der Waals surface area contributed by atoms with E-state index in [9.17, 15) is 0 Å². The fourth-order valence-corrected chi connectivity index (χ4v) is 8.43. The highest BCUT2D eigenvalue weighted by Crippen LogP contribution is 2.51. The topological polar surface area (TPSA) is 16.4 Å². The summed E-state index contributed by atoms with van der Waals surface area (Å²) < 4.78 is 6.26. The maximum absolute atomic E-state index is 6.26. The number of fused-ring (bicyclic) bond motifs is 8. The maximum atomic E-state index is 6.26. The van der Waals surface area contributed by atoms with Gasteiger partial charge in [-0.3, -0.25) is 0 Å². The van der Waals surface area contributed by atoms with E-state index < -0.39 is 0 Å². The van der Waals surface area contributed by atoms with Crippen molar-refractivity contribution in [3.8, 4) is 33.4 Å². The third-order valence-corrected chi connectivity index (χ3v) is 10.9. The SMILES string of the molecule is CC1(C)c2ccccc2-c2ccc(N(c3cccc(-c4cccc5c4ccc4oc6ccccc6c45)c3)c3ccccc3-c3ccccc3)cc21. The van der Waals surface area contributed by atoms with Gasteiger partial charge >= 0.3 is 0 Å². The molecule has 0 N–H and O–H groups in total. The van der Waals surface area contributed by atoms with Crippen LogP contribution in [0.25, 0.3) is 66.1 Å². The van der Waals surface area contributed by atoms with Gasteiger partial charge in [-0.2, -0.15) is 0 Å². The summed E-state index contributed by atoms with van der Waals surface area (Å²) in [4.78, 5) is 2.44. The molecule has 0 saturated carbocycles. The molecule has 0 amide bonds. The first-order chi connectivity index (χ1) is 25.1. The number of hydrogen-bond acceptors (Lipinski definition) is 2. The van der Waals surface area contributed by atoms with E-state index in [2.05, 4.69) is 189 Å². The third kappa shape index (κ3) is 4.57. The molecule has 0 bridgehead atoms. The van der Waals surface area contributed by atoms with E-state index in [1.807, 2.05) is 6.07 Å². The highest BCUT2D eigenvalue weighted by Gasteiger charge is 2.36. The van der Waals surface area contributed by atoms with Crippen molar-refractivity contribution >= 4 is 49.8 Å². The Labute approximate surface area is 297 Å². The van der Waals surface area contributed by atoms with E-state index in [-0.39, 0.29) is 5.41 Å². The number of para-hydroxylation sites is 2. The van der Waals surface area contributed by atoms with Crippen LogP contribution in [0.4, 0.5) is 17.1 Å². The van der Waals surface area contributed by atoms with Gasteiger partial charge < -0.3 is 9.32 Å². The van der Waals surface area contributed by atoms with E-state index >= 15 is 0 Å². The van der Waals surface area contributed by atoms with Crippen molar-refractivity contribution in [2.75, 3.05) is 4.90 Å². The minimum Gasteiger partial charge on any atom is -0.456 e. The summed E-state index contributed by atoms with van der Waals surface area (Å²) in [5.74, 6) is 0. The molecule has 0 fully saturated rings. The number of benzene rings is 8. The Morgan fingerprint density at radius 1 is 0.412 bits per heavy atom. The van der Waals surface area contributed by atoms with Crippen LogP contribution < -0.4 is 4.90 Å². The number of nitrogens with zero attached hydrogens (tertiary/aromatic N) is 1. The Morgan fingerprint density at radius 3 is 1.98 bits per heavy atom. The van der Waals surface area contributed by atoms with Crippen molar-refractivity contribution in [1.82, 2.24) is 0 Å². The predicted octanol–water partition coefficient (Wildman–Crippen LogP) is 13.8. The summed E-state index contributed by atoms with van der Waals surface area (Å²) in [5, 5.41) is 4.73. The van der Waals surface area contributed by atoms with Crippen LogP contribution in [0.15, 0.2) is 180 Å². The summed E-state index contributed by atoms with van der Waals surface area (Å²) in [6, 6.07) is 63.7. The maximum Gasteiger partial charge on any atom is 0.136 e. The van der Waals surface area contributed by atoms with Crippen LogP contribution in [0.1, 0.15) is 25.0 Å². The minimum atomic E-state index is -0.111. The molecule has 1 heterocycles. The van der Waals surface area contributed by atoms with E-state index in [0.29, 0.717) is 0 Å². The number of furan rings is 1. The monoisotopic (exact) mass is 653 g/mol. The van der Waals surface area contributed by atoms with Gasteiger partial charge in [0.1, 0.15) is 11.2 Å². The van der Waals surface area contributed by atoms with Crippen LogP contribution >= 0.6 is 0 Å². The summed E-state index contributed by atoms with van der Waals surface area (Å²) in [7, 11) is 0. The van der Waals surface area contributed by atoms with Crippen LogP contribution in [-0.4, -0.2) is 0 Å². The third-order valence-electron chi connectivity index (χ3n) is 10.9. The molecule has 0 saturated heterocycles. The molecule has 1 aromatic heterocycles. The number of rotatable bonds is 5. The van der Waals surface area contributed by atoms with Gasteiger partial charge in [0.25, 0.3) is 0 Å². The lowest BCUT2D eigenvalue weighted by Crippen LogP contribution is -2.17. The van der Waals surface area contributed by atoms with Crippen LogP contribution in [0.2, 0.25) is 0 Å². The Morgan fingerprint density at radius 2 is 1.08 bits per heavy atom.